The predicted octanol–water partition coefficient (Wildman–Crippen LogP) is 4.67. The van der Waals surface area contributed by atoms with E-state index in [0.717, 1.165) is 23.1 Å². The third-order valence-electron chi connectivity index (χ3n) is 3.11. The number of hydrogen-bond donors (Lipinski definition) is 0. The summed E-state index contributed by atoms with van der Waals surface area (Å²) in [5, 5.41) is 0. The number of rotatable bonds is 2. The van der Waals surface area contributed by atoms with Gasteiger partial charge in [0.15, 0.2) is 0 Å². The maximum absolute atomic E-state index is 13.8. The van der Waals surface area contributed by atoms with Crippen LogP contribution in [0.2, 0.25) is 0 Å². The smallest absolute Gasteiger partial charge is 0.131 e. The van der Waals surface area contributed by atoms with Gasteiger partial charge in [0.25, 0.3) is 0 Å². The highest BCUT2D eigenvalue weighted by atomic mass is 19.1. The lowest BCUT2D eigenvalue weighted by Crippen LogP contribution is -1.91. The molecule has 0 N–H and O–H groups in total. The molecule has 0 spiro atoms. The highest BCUT2D eigenvalue weighted by Gasteiger charge is 2.08. The van der Waals surface area contributed by atoms with E-state index in [-0.39, 0.29) is 5.82 Å². The van der Waals surface area contributed by atoms with E-state index < -0.39 is 0 Å². The molecular formula is C16H17F. The number of benzene rings is 2. The van der Waals surface area contributed by atoms with Crippen molar-refractivity contribution in [3.8, 4) is 11.1 Å². The van der Waals surface area contributed by atoms with Gasteiger partial charge in [-0.3, -0.25) is 0 Å². The Morgan fingerprint density at radius 2 is 1.71 bits per heavy atom. The molecule has 2 aromatic carbocycles. The van der Waals surface area contributed by atoms with Gasteiger partial charge >= 0.3 is 0 Å². The van der Waals surface area contributed by atoms with Gasteiger partial charge in [0.05, 0.1) is 0 Å². The SMILES string of the molecule is CCc1ccc(-c2cc(C)ccc2F)c(C)c1. The van der Waals surface area contributed by atoms with Crippen molar-refractivity contribution in [2.24, 2.45) is 0 Å². The number of hydrogen-bond acceptors (Lipinski definition) is 0. The molecule has 0 saturated carbocycles. The Balaban J connectivity index is 2.56. The molecule has 0 bridgehead atoms. The van der Waals surface area contributed by atoms with Crippen LogP contribution in [0.4, 0.5) is 4.39 Å². The lowest BCUT2D eigenvalue weighted by Gasteiger charge is -2.10. The molecule has 88 valence electrons. The van der Waals surface area contributed by atoms with Crippen LogP contribution >= 0.6 is 0 Å². The largest absolute Gasteiger partial charge is 0.206 e. The topological polar surface area (TPSA) is 0 Å². The van der Waals surface area contributed by atoms with E-state index in [0.29, 0.717) is 5.56 Å². The fourth-order valence-electron chi connectivity index (χ4n) is 2.09. The summed E-state index contributed by atoms with van der Waals surface area (Å²) in [7, 11) is 0. The van der Waals surface area contributed by atoms with Crippen molar-refractivity contribution in [1.29, 1.82) is 0 Å². The molecular weight excluding hydrogens is 211 g/mol. The summed E-state index contributed by atoms with van der Waals surface area (Å²) in [6, 6.07) is 11.5. The summed E-state index contributed by atoms with van der Waals surface area (Å²) in [5.41, 5.74) is 5.20. The van der Waals surface area contributed by atoms with Gasteiger partial charge < -0.3 is 0 Å². The maximum Gasteiger partial charge on any atom is 0.131 e. The predicted molar refractivity (Wildman–Crippen MR) is 70.7 cm³/mol. The number of aryl methyl sites for hydroxylation is 3. The fourth-order valence-corrected chi connectivity index (χ4v) is 2.09. The standard InChI is InChI=1S/C16H17F/c1-4-13-6-7-14(12(3)10-13)15-9-11(2)5-8-16(15)17/h5-10H,4H2,1-3H3. The summed E-state index contributed by atoms with van der Waals surface area (Å²) in [6.45, 7) is 6.15. The summed E-state index contributed by atoms with van der Waals surface area (Å²) >= 11 is 0. The minimum Gasteiger partial charge on any atom is -0.206 e. The second-order valence-electron chi connectivity index (χ2n) is 4.49. The van der Waals surface area contributed by atoms with E-state index in [1.165, 1.54) is 11.6 Å². The van der Waals surface area contributed by atoms with Crippen molar-refractivity contribution in [2.45, 2.75) is 27.2 Å². The molecule has 0 aliphatic carbocycles. The molecule has 1 heteroatoms. The van der Waals surface area contributed by atoms with Gasteiger partial charge in [-0.2, -0.15) is 0 Å². The maximum atomic E-state index is 13.8. The highest BCUT2D eigenvalue weighted by molar-refractivity contribution is 5.68. The van der Waals surface area contributed by atoms with Crippen LogP contribution in [0, 0.1) is 19.7 Å². The van der Waals surface area contributed by atoms with E-state index in [4.69, 9.17) is 0 Å². The van der Waals surface area contributed by atoms with Crippen LogP contribution in [0.5, 0.6) is 0 Å². The molecule has 0 fully saturated rings. The van der Waals surface area contributed by atoms with Crippen LogP contribution in [-0.4, -0.2) is 0 Å². The van der Waals surface area contributed by atoms with Crippen LogP contribution in [0.3, 0.4) is 0 Å². The molecule has 0 saturated heterocycles. The van der Waals surface area contributed by atoms with Crippen molar-refractivity contribution in [3.63, 3.8) is 0 Å². The van der Waals surface area contributed by atoms with Crippen molar-refractivity contribution in [1.82, 2.24) is 0 Å². The molecule has 0 aliphatic rings. The second kappa shape index (κ2) is 4.70. The molecule has 0 unspecified atom stereocenters. The van der Waals surface area contributed by atoms with E-state index in [1.807, 2.05) is 26.0 Å². The molecule has 17 heavy (non-hydrogen) atoms. The van der Waals surface area contributed by atoms with Gasteiger partial charge in [0, 0.05) is 5.56 Å². The zero-order valence-corrected chi connectivity index (χ0v) is 10.5. The fraction of sp³-hybridized carbons (Fsp3) is 0.250. The first-order valence-corrected chi connectivity index (χ1v) is 5.98. The monoisotopic (exact) mass is 228 g/mol. The Hall–Kier alpha value is -1.63. The van der Waals surface area contributed by atoms with Crippen LogP contribution in [-0.2, 0) is 6.42 Å². The lowest BCUT2D eigenvalue weighted by molar-refractivity contribution is 0.631. The Labute approximate surface area is 102 Å². The van der Waals surface area contributed by atoms with Crippen molar-refractivity contribution < 1.29 is 4.39 Å². The first-order chi connectivity index (χ1) is 8.11. The molecule has 2 rings (SSSR count). The Bertz CT molecular complexity index is 541. The minimum atomic E-state index is -0.150. The zero-order chi connectivity index (χ0) is 12.4. The summed E-state index contributed by atoms with van der Waals surface area (Å²) in [5.74, 6) is -0.150. The summed E-state index contributed by atoms with van der Waals surface area (Å²) in [6.07, 6.45) is 1.01. The Morgan fingerprint density at radius 1 is 0.941 bits per heavy atom. The Morgan fingerprint density at radius 3 is 2.35 bits per heavy atom. The second-order valence-corrected chi connectivity index (χ2v) is 4.49. The third kappa shape index (κ3) is 2.38. The van der Waals surface area contributed by atoms with Crippen LogP contribution in [0.25, 0.3) is 11.1 Å². The van der Waals surface area contributed by atoms with Crippen molar-refractivity contribution in [2.75, 3.05) is 0 Å². The highest BCUT2D eigenvalue weighted by Crippen LogP contribution is 2.27. The number of halogens is 1. The van der Waals surface area contributed by atoms with E-state index in [1.54, 1.807) is 6.07 Å². The average molecular weight is 228 g/mol. The minimum absolute atomic E-state index is 0.150. The average Bonchev–Trinajstić information content (AvgIpc) is 2.32. The molecule has 0 atom stereocenters. The third-order valence-corrected chi connectivity index (χ3v) is 3.11. The molecule has 0 radical (unpaired) electrons. The van der Waals surface area contributed by atoms with E-state index in [2.05, 4.69) is 19.1 Å². The lowest BCUT2D eigenvalue weighted by atomic mass is 9.96. The summed E-state index contributed by atoms with van der Waals surface area (Å²) in [4.78, 5) is 0. The van der Waals surface area contributed by atoms with Crippen molar-refractivity contribution >= 4 is 0 Å². The van der Waals surface area contributed by atoms with Gasteiger partial charge in [0.2, 0.25) is 0 Å². The van der Waals surface area contributed by atoms with Crippen LogP contribution in [0.1, 0.15) is 23.6 Å². The zero-order valence-electron chi connectivity index (χ0n) is 10.5. The van der Waals surface area contributed by atoms with Gasteiger partial charge in [-0.05, 0) is 49.1 Å². The van der Waals surface area contributed by atoms with Gasteiger partial charge in [-0.25, -0.2) is 4.39 Å². The first-order valence-electron chi connectivity index (χ1n) is 5.98. The van der Waals surface area contributed by atoms with Crippen LogP contribution in [0.15, 0.2) is 36.4 Å². The van der Waals surface area contributed by atoms with Crippen molar-refractivity contribution in [3.05, 3.63) is 58.9 Å². The molecule has 0 amide bonds. The summed E-state index contributed by atoms with van der Waals surface area (Å²) < 4.78 is 13.8. The Kier molecular flexibility index (Phi) is 3.28. The first kappa shape index (κ1) is 11.8. The van der Waals surface area contributed by atoms with Gasteiger partial charge in [-0.15, -0.1) is 0 Å². The molecule has 0 aliphatic heterocycles. The normalized spacial score (nSPS) is 10.6. The van der Waals surface area contributed by atoms with E-state index in [9.17, 15) is 4.39 Å². The molecule has 0 aromatic heterocycles. The van der Waals surface area contributed by atoms with Gasteiger partial charge in [0.1, 0.15) is 5.82 Å². The molecule has 2 aromatic rings. The van der Waals surface area contributed by atoms with Crippen LogP contribution < -0.4 is 0 Å². The molecule has 0 nitrogen and oxygen atoms in total. The quantitative estimate of drug-likeness (QED) is 0.700. The molecule has 0 heterocycles. The van der Waals surface area contributed by atoms with Gasteiger partial charge in [-0.1, -0.05) is 36.8 Å². The van der Waals surface area contributed by atoms with E-state index >= 15 is 0 Å².